The zero-order chi connectivity index (χ0) is 12.3. The topological polar surface area (TPSA) is 60.9 Å². The van der Waals surface area contributed by atoms with Crippen LogP contribution in [0.3, 0.4) is 0 Å². The number of hydrogen-bond acceptors (Lipinski definition) is 2. The van der Waals surface area contributed by atoms with Crippen molar-refractivity contribution in [1.29, 1.82) is 0 Å². The van der Waals surface area contributed by atoms with Crippen molar-refractivity contribution < 1.29 is 14.7 Å². The number of nitrogens with zero attached hydrogens (tertiary/aromatic N) is 2. The van der Waals surface area contributed by atoms with E-state index in [2.05, 4.69) is 0 Å². The molecule has 92 valence electrons. The van der Waals surface area contributed by atoms with Gasteiger partial charge in [-0.3, -0.25) is 4.79 Å². The summed E-state index contributed by atoms with van der Waals surface area (Å²) in [6.45, 7) is 7.14. The summed E-state index contributed by atoms with van der Waals surface area (Å²) >= 11 is 0. The second kappa shape index (κ2) is 5.18. The quantitative estimate of drug-likeness (QED) is 0.773. The highest BCUT2D eigenvalue weighted by Gasteiger charge is 2.30. The van der Waals surface area contributed by atoms with Crippen LogP contribution >= 0.6 is 0 Å². The first kappa shape index (κ1) is 12.8. The molecule has 1 rings (SSSR count). The lowest BCUT2D eigenvalue weighted by Gasteiger charge is -2.39. The molecule has 5 heteroatoms. The Bertz CT molecular complexity index is 280. The third-order valence-electron chi connectivity index (χ3n) is 3.22. The lowest BCUT2D eigenvalue weighted by atomic mass is 10.1. The molecule has 0 radical (unpaired) electrons. The SMILES string of the molecule is CCC(C)C(=O)N1CCN(C(=O)O)C[C@H]1C. The van der Waals surface area contributed by atoms with Gasteiger partial charge in [-0.2, -0.15) is 0 Å². The largest absolute Gasteiger partial charge is 0.465 e. The molecule has 1 N–H and O–H groups in total. The Labute approximate surface area is 96.0 Å². The molecular formula is C11H20N2O3. The normalized spacial score (nSPS) is 23.1. The molecule has 0 saturated carbocycles. The van der Waals surface area contributed by atoms with Gasteiger partial charge < -0.3 is 14.9 Å². The van der Waals surface area contributed by atoms with Crippen LogP contribution in [0.4, 0.5) is 4.79 Å². The summed E-state index contributed by atoms with van der Waals surface area (Å²) in [5.41, 5.74) is 0. The van der Waals surface area contributed by atoms with Gasteiger partial charge in [-0.05, 0) is 13.3 Å². The summed E-state index contributed by atoms with van der Waals surface area (Å²) in [5.74, 6) is 0.166. The Morgan fingerprint density at radius 1 is 1.44 bits per heavy atom. The van der Waals surface area contributed by atoms with E-state index in [9.17, 15) is 9.59 Å². The fourth-order valence-corrected chi connectivity index (χ4v) is 1.92. The smallest absolute Gasteiger partial charge is 0.407 e. The lowest BCUT2D eigenvalue weighted by molar-refractivity contribution is -0.139. The van der Waals surface area contributed by atoms with Gasteiger partial charge in [-0.1, -0.05) is 13.8 Å². The van der Waals surface area contributed by atoms with Crippen LogP contribution < -0.4 is 0 Å². The minimum atomic E-state index is -0.900. The van der Waals surface area contributed by atoms with Crippen molar-refractivity contribution in [2.45, 2.75) is 33.2 Å². The van der Waals surface area contributed by atoms with Gasteiger partial charge in [0.1, 0.15) is 0 Å². The molecule has 0 aromatic carbocycles. The number of hydrogen-bond donors (Lipinski definition) is 1. The summed E-state index contributed by atoms with van der Waals surface area (Å²) in [6, 6.07) is -0.0219. The van der Waals surface area contributed by atoms with Crippen molar-refractivity contribution in [1.82, 2.24) is 9.80 Å². The molecule has 0 aliphatic carbocycles. The third kappa shape index (κ3) is 2.65. The molecule has 1 unspecified atom stereocenters. The van der Waals surface area contributed by atoms with Crippen molar-refractivity contribution in [2.24, 2.45) is 5.92 Å². The van der Waals surface area contributed by atoms with Crippen molar-refractivity contribution in [3.8, 4) is 0 Å². The average molecular weight is 228 g/mol. The highest BCUT2D eigenvalue weighted by molar-refractivity contribution is 5.79. The Morgan fingerprint density at radius 2 is 2.06 bits per heavy atom. The molecule has 5 nitrogen and oxygen atoms in total. The minimum absolute atomic E-state index is 0.0219. The zero-order valence-corrected chi connectivity index (χ0v) is 10.1. The number of carboxylic acid groups (broad SMARTS) is 1. The van der Waals surface area contributed by atoms with Crippen LogP contribution in [0.15, 0.2) is 0 Å². The van der Waals surface area contributed by atoms with Gasteiger partial charge in [0.05, 0.1) is 0 Å². The summed E-state index contributed by atoms with van der Waals surface area (Å²) < 4.78 is 0. The van der Waals surface area contributed by atoms with Crippen molar-refractivity contribution in [3.05, 3.63) is 0 Å². The van der Waals surface area contributed by atoms with E-state index in [1.54, 1.807) is 4.90 Å². The molecule has 0 aromatic rings. The van der Waals surface area contributed by atoms with Crippen molar-refractivity contribution >= 4 is 12.0 Å². The average Bonchev–Trinajstić information content (AvgIpc) is 2.26. The molecule has 1 fully saturated rings. The van der Waals surface area contributed by atoms with E-state index in [-0.39, 0.29) is 17.9 Å². The van der Waals surface area contributed by atoms with E-state index < -0.39 is 6.09 Å². The van der Waals surface area contributed by atoms with Gasteiger partial charge in [0.15, 0.2) is 0 Å². The Morgan fingerprint density at radius 3 is 2.50 bits per heavy atom. The molecule has 0 bridgehead atoms. The predicted molar refractivity (Wildman–Crippen MR) is 60.2 cm³/mol. The van der Waals surface area contributed by atoms with Crippen LogP contribution in [0, 0.1) is 5.92 Å². The fourth-order valence-electron chi connectivity index (χ4n) is 1.92. The monoisotopic (exact) mass is 228 g/mol. The second-order valence-electron chi connectivity index (χ2n) is 4.42. The number of piperazine rings is 1. The molecule has 1 saturated heterocycles. The maximum Gasteiger partial charge on any atom is 0.407 e. The van der Waals surface area contributed by atoms with Gasteiger partial charge in [0, 0.05) is 31.6 Å². The first-order valence-corrected chi connectivity index (χ1v) is 5.75. The van der Waals surface area contributed by atoms with Gasteiger partial charge in [-0.25, -0.2) is 4.79 Å². The molecule has 2 amide bonds. The number of carbonyl (C=O) groups is 2. The van der Waals surface area contributed by atoms with E-state index in [4.69, 9.17) is 5.11 Å². The maximum absolute atomic E-state index is 12.0. The van der Waals surface area contributed by atoms with Gasteiger partial charge in [-0.15, -0.1) is 0 Å². The minimum Gasteiger partial charge on any atom is -0.465 e. The van der Waals surface area contributed by atoms with Crippen molar-refractivity contribution in [3.63, 3.8) is 0 Å². The Balaban J connectivity index is 2.60. The third-order valence-corrected chi connectivity index (χ3v) is 3.22. The van der Waals surface area contributed by atoms with E-state index in [1.165, 1.54) is 4.90 Å². The summed E-state index contributed by atoms with van der Waals surface area (Å²) in [5, 5.41) is 8.86. The fraction of sp³-hybridized carbons (Fsp3) is 0.818. The van der Waals surface area contributed by atoms with E-state index in [1.807, 2.05) is 20.8 Å². The Hall–Kier alpha value is -1.26. The number of carbonyl (C=O) groups excluding carboxylic acids is 1. The molecule has 2 atom stereocenters. The van der Waals surface area contributed by atoms with Crippen LogP contribution in [0.5, 0.6) is 0 Å². The van der Waals surface area contributed by atoms with Gasteiger partial charge in [0.2, 0.25) is 5.91 Å². The van der Waals surface area contributed by atoms with Crippen LogP contribution in [0.1, 0.15) is 27.2 Å². The summed E-state index contributed by atoms with van der Waals surface area (Å²) in [4.78, 5) is 25.9. The summed E-state index contributed by atoms with van der Waals surface area (Å²) in [7, 11) is 0. The highest BCUT2D eigenvalue weighted by Crippen LogP contribution is 2.14. The highest BCUT2D eigenvalue weighted by atomic mass is 16.4. The number of rotatable bonds is 2. The lowest BCUT2D eigenvalue weighted by Crippen LogP contribution is -2.56. The summed E-state index contributed by atoms with van der Waals surface area (Å²) in [6.07, 6.45) is -0.0764. The predicted octanol–water partition coefficient (Wildman–Crippen LogP) is 1.24. The molecule has 0 aromatic heterocycles. The maximum atomic E-state index is 12.0. The zero-order valence-electron chi connectivity index (χ0n) is 10.1. The van der Waals surface area contributed by atoms with Gasteiger partial charge in [0.25, 0.3) is 0 Å². The van der Waals surface area contributed by atoms with Crippen LogP contribution in [-0.2, 0) is 4.79 Å². The van der Waals surface area contributed by atoms with Crippen LogP contribution in [0.25, 0.3) is 0 Å². The second-order valence-corrected chi connectivity index (χ2v) is 4.42. The number of amides is 2. The van der Waals surface area contributed by atoms with Crippen LogP contribution in [-0.4, -0.2) is 52.6 Å². The molecule has 1 heterocycles. The molecule has 0 spiro atoms. The van der Waals surface area contributed by atoms with E-state index >= 15 is 0 Å². The standard InChI is InChI=1S/C11H20N2O3/c1-4-8(2)10(14)13-6-5-12(11(15)16)7-9(13)3/h8-9H,4-7H2,1-3H3,(H,15,16)/t8?,9-/m1/s1. The van der Waals surface area contributed by atoms with E-state index in [0.717, 1.165) is 6.42 Å². The van der Waals surface area contributed by atoms with Crippen molar-refractivity contribution in [2.75, 3.05) is 19.6 Å². The molecule has 16 heavy (non-hydrogen) atoms. The van der Waals surface area contributed by atoms with E-state index in [0.29, 0.717) is 19.6 Å². The van der Waals surface area contributed by atoms with Crippen LogP contribution in [0.2, 0.25) is 0 Å². The first-order chi connectivity index (χ1) is 7.47. The first-order valence-electron chi connectivity index (χ1n) is 5.75. The molecular weight excluding hydrogens is 208 g/mol. The Kier molecular flexibility index (Phi) is 4.15. The van der Waals surface area contributed by atoms with Gasteiger partial charge >= 0.3 is 6.09 Å². The molecule has 1 aliphatic heterocycles. The molecule has 1 aliphatic rings.